The topological polar surface area (TPSA) is 381 Å². The molecule has 56 heavy (non-hydrogen) atoms. The van der Waals surface area contributed by atoms with Crippen LogP contribution in [0.2, 0.25) is 0 Å². The van der Waals surface area contributed by atoms with E-state index in [4.69, 9.17) is 19.5 Å². The Balaban J connectivity index is 1.47. The number of fused-ring (bicyclic) bond motifs is 1. The van der Waals surface area contributed by atoms with Gasteiger partial charge in [0.25, 0.3) is 0 Å². The standard InChI is InChI=1S/C27H44N7O18P3S/c1-27(2,22(39)25(40)30-8-7-17(36)29-9-11-56-18(37)6-4-3-5-10-35)13-49-55(46,47)52-54(44,45)48-12-16-21(51-53(41,42)43)20(38)26(50-16)34-15-33-19-23(28)31-14-32-24(19)34/h10,14-16,20-22,26,38-39H,3-9,11-13H2,1-2H3,(H,29,36)(H,30,40)(H,44,45)(H,46,47)(H2,28,31,32)(H2,41,42,43)/t16-,20-,21-,22?,26-/m1/s1. The molecule has 7 atom stereocenters. The zero-order chi connectivity index (χ0) is 41.9. The molecule has 2 aromatic rings. The van der Waals surface area contributed by atoms with Crippen molar-refractivity contribution >= 4 is 75.4 Å². The molecule has 0 radical (unpaired) electrons. The van der Waals surface area contributed by atoms with Crippen molar-refractivity contribution in [2.75, 3.05) is 37.8 Å². The Labute approximate surface area is 322 Å². The van der Waals surface area contributed by atoms with Crippen molar-refractivity contribution in [2.45, 2.75) is 76.6 Å². The molecule has 0 aliphatic carbocycles. The maximum Gasteiger partial charge on any atom is 0.481 e. The van der Waals surface area contributed by atoms with E-state index < -0.39 is 84.6 Å². The van der Waals surface area contributed by atoms with Crippen LogP contribution in [0.1, 0.15) is 52.2 Å². The molecule has 10 N–H and O–H groups in total. The smallest absolute Gasteiger partial charge is 0.386 e. The van der Waals surface area contributed by atoms with Crippen LogP contribution in [0.5, 0.6) is 0 Å². The third-order valence-electron chi connectivity index (χ3n) is 7.72. The summed E-state index contributed by atoms with van der Waals surface area (Å²) >= 11 is 1.04. The number of nitrogens with two attached hydrogens (primary N) is 1. The molecule has 0 bridgehead atoms. The highest BCUT2D eigenvalue weighted by Crippen LogP contribution is 2.61. The number of imidazole rings is 1. The molecular formula is C27H44N7O18P3S. The summed E-state index contributed by atoms with van der Waals surface area (Å²) < 4.78 is 62.0. The second kappa shape index (κ2) is 20.8. The highest BCUT2D eigenvalue weighted by molar-refractivity contribution is 8.13. The van der Waals surface area contributed by atoms with Crippen molar-refractivity contribution in [1.82, 2.24) is 30.2 Å². The normalized spacial score (nSPS) is 21.6. The highest BCUT2D eigenvalue weighted by Gasteiger charge is 2.50. The number of anilines is 1. The second-order valence-electron chi connectivity index (χ2n) is 12.7. The summed E-state index contributed by atoms with van der Waals surface area (Å²) in [4.78, 5) is 97.6. The van der Waals surface area contributed by atoms with Crippen LogP contribution in [-0.2, 0) is 55.5 Å². The molecule has 29 heteroatoms. The minimum absolute atomic E-state index is 0.0261. The Morgan fingerprint density at radius 1 is 1.05 bits per heavy atom. The molecule has 0 aromatic carbocycles. The molecule has 1 fully saturated rings. The van der Waals surface area contributed by atoms with Gasteiger partial charge in [-0.2, -0.15) is 4.31 Å². The number of nitrogens with one attached hydrogen (secondary N) is 2. The summed E-state index contributed by atoms with van der Waals surface area (Å²) in [5.74, 6) is -1.17. The Morgan fingerprint density at radius 2 is 1.75 bits per heavy atom. The number of carbonyl (C=O) groups is 4. The van der Waals surface area contributed by atoms with Crippen LogP contribution < -0.4 is 16.4 Å². The number of phosphoric ester groups is 3. The van der Waals surface area contributed by atoms with Gasteiger partial charge in [-0.05, 0) is 12.8 Å². The first-order valence-corrected chi connectivity index (χ1v) is 22.0. The van der Waals surface area contributed by atoms with Crippen molar-refractivity contribution < 1.29 is 85.3 Å². The lowest BCUT2D eigenvalue weighted by Crippen LogP contribution is -2.46. The van der Waals surface area contributed by atoms with Crippen molar-refractivity contribution in [3.63, 3.8) is 0 Å². The maximum absolute atomic E-state index is 12.7. The number of aromatic nitrogens is 4. The number of aliphatic hydroxyl groups excluding tert-OH is 2. The zero-order valence-electron chi connectivity index (χ0n) is 29.9. The van der Waals surface area contributed by atoms with E-state index in [0.717, 1.165) is 35.3 Å². The van der Waals surface area contributed by atoms with Gasteiger partial charge in [-0.1, -0.05) is 25.6 Å². The summed E-state index contributed by atoms with van der Waals surface area (Å²) in [6.07, 6.45) is -4.27. The molecule has 0 saturated carbocycles. The lowest BCUT2D eigenvalue weighted by atomic mass is 9.87. The molecule has 316 valence electrons. The van der Waals surface area contributed by atoms with Crippen LogP contribution in [0.3, 0.4) is 0 Å². The van der Waals surface area contributed by atoms with Gasteiger partial charge in [-0.15, -0.1) is 0 Å². The quantitative estimate of drug-likeness (QED) is 0.0362. The third-order valence-corrected chi connectivity index (χ3v) is 11.8. The predicted octanol–water partition coefficient (Wildman–Crippen LogP) is -0.576. The van der Waals surface area contributed by atoms with Crippen LogP contribution in [0.25, 0.3) is 11.2 Å². The monoisotopic (exact) mass is 879 g/mol. The van der Waals surface area contributed by atoms with Crippen molar-refractivity contribution in [3.05, 3.63) is 12.7 Å². The number of carbonyl (C=O) groups excluding carboxylic acids is 4. The van der Waals surface area contributed by atoms with E-state index in [1.54, 1.807) is 0 Å². The molecule has 25 nitrogen and oxygen atoms in total. The largest absolute Gasteiger partial charge is 0.481 e. The molecule has 1 saturated heterocycles. The zero-order valence-corrected chi connectivity index (χ0v) is 33.4. The van der Waals surface area contributed by atoms with Gasteiger partial charge in [0.15, 0.2) is 22.8 Å². The molecule has 1 aliphatic heterocycles. The van der Waals surface area contributed by atoms with Gasteiger partial charge in [0.2, 0.25) is 11.8 Å². The van der Waals surface area contributed by atoms with Crippen LogP contribution in [0.15, 0.2) is 12.7 Å². The summed E-state index contributed by atoms with van der Waals surface area (Å²) in [5, 5.41) is 26.2. The number of aldehydes is 1. The van der Waals surface area contributed by atoms with E-state index in [1.807, 2.05) is 0 Å². The number of thioether (sulfide) groups is 1. The summed E-state index contributed by atoms with van der Waals surface area (Å²) in [7, 11) is -16.4. The Hall–Kier alpha value is -2.77. The Kier molecular flexibility index (Phi) is 17.7. The first-order chi connectivity index (χ1) is 26.1. The van der Waals surface area contributed by atoms with Gasteiger partial charge < -0.3 is 55.7 Å². The lowest BCUT2D eigenvalue weighted by molar-refractivity contribution is -0.137. The van der Waals surface area contributed by atoms with Crippen molar-refractivity contribution in [2.24, 2.45) is 5.41 Å². The fourth-order valence-electron chi connectivity index (χ4n) is 4.86. The van der Waals surface area contributed by atoms with E-state index in [1.165, 1.54) is 13.8 Å². The number of ether oxygens (including phenoxy) is 1. The van der Waals surface area contributed by atoms with Gasteiger partial charge in [-0.3, -0.25) is 32.5 Å². The summed E-state index contributed by atoms with van der Waals surface area (Å²) in [6.45, 7) is 0.419. The number of unbranched alkanes of at least 4 members (excludes halogenated alkanes) is 2. The van der Waals surface area contributed by atoms with Gasteiger partial charge in [-0.25, -0.2) is 28.6 Å². The van der Waals surface area contributed by atoms with Crippen LogP contribution in [-0.4, -0.2) is 129 Å². The maximum atomic E-state index is 12.7. The van der Waals surface area contributed by atoms with Gasteiger partial charge in [0.05, 0.1) is 19.5 Å². The molecule has 3 unspecified atom stereocenters. The number of amides is 2. The van der Waals surface area contributed by atoms with Crippen molar-refractivity contribution in [3.8, 4) is 0 Å². The third kappa shape index (κ3) is 14.9. The molecule has 3 rings (SSSR count). The van der Waals surface area contributed by atoms with Crippen LogP contribution in [0.4, 0.5) is 5.82 Å². The number of nitrogens with zero attached hydrogens (tertiary/aromatic N) is 4. The number of nitrogen functional groups attached to an aromatic ring is 1. The average molecular weight is 880 g/mol. The first-order valence-electron chi connectivity index (χ1n) is 16.5. The summed E-state index contributed by atoms with van der Waals surface area (Å²) in [6, 6.07) is 0. The molecule has 3 heterocycles. The fourth-order valence-corrected chi connectivity index (χ4v) is 8.41. The Morgan fingerprint density at radius 3 is 2.43 bits per heavy atom. The SMILES string of the molecule is CC(C)(COP(=O)(O)OP(=O)(O)OC[C@H]1O[C@@H](n2cnc3c(N)ncnc32)[C@H](O)[C@@H]1OP(=O)(O)O)C(O)C(=O)NCCC(=O)NCCSC(=O)CCCCC=O. The van der Waals surface area contributed by atoms with Crippen molar-refractivity contribution in [1.29, 1.82) is 0 Å². The average Bonchev–Trinajstić information content (AvgIpc) is 3.66. The van der Waals surface area contributed by atoms with E-state index in [2.05, 4.69) is 34.4 Å². The number of aliphatic hydroxyl groups is 2. The van der Waals surface area contributed by atoms with Gasteiger partial charge in [0, 0.05) is 43.5 Å². The molecule has 1 aliphatic rings. The van der Waals surface area contributed by atoms with Gasteiger partial charge in [0.1, 0.15) is 42.5 Å². The van der Waals surface area contributed by atoms with Gasteiger partial charge >= 0.3 is 23.5 Å². The van der Waals surface area contributed by atoms with Crippen LogP contribution in [0, 0.1) is 5.41 Å². The number of rotatable bonds is 24. The minimum atomic E-state index is -5.58. The highest BCUT2D eigenvalue weighted by atomic mass is 32.2. The second-order valence-corrected chi connectivity index (χ2v) is 18.1. The molecular weight excluding hydrogens is 835 g/mol. The minimum Gasteiger partial charge on any atom is -0.386 e. The first kappa shape index (κ1) is 47.6. The van der Waals surface area contributed by atoms with Crippen LogP contribution >= 0.6 is 35.2 Å². The molecule has 0 spiro atoms. The van der Waals surface area contributed by atoms with E-state index in [0.29, 0.717) is 31.4 Å². The number of hydrogen-bond acceptors (Lipinski definition) is 19. The van der Waals surface area contributed by atoms with E-state index >= 15 is 0 Å². The molecule has 2 amide bonds. The number of phosphoric acid groups is 3. The fraction of sp³-hybridized carbons (Fsp3) is 0.667. The number of hydrogen-bond donors (Lipinski definition) is 9. The summed E-state index contributed by atoms with van der Waals surface area (Å²) in [5.41, 5.74) is 4.24. The predicted molar refractivity (Wildman–Crippen MR) is 192 cm³/mol. The van der Waals surface area contributed by atoms with E-state index in [-0.39, 0.29) is 41.6 Å². The Bertz CT molecular complexity index is 1830. The molecule has 2 aromatic heterocycles. The van der Waals surface area contributed by atoms with E-state index in [9.17, 15) is 62.7 Å². The lowest BCUT2D eigenvalue weighted by Gasteiger charge is -2.30.